The molecule has 1 heterocycles. The lowest BCUT2D eigenvalue weighted by molar-refractivity contribution is -0.132. The van der Waals surface area contributed by atoms with Gasteiger partial charge in [0.2, 0.25) is 0 Å². The molecule has 0 atom stereocenters. The molecule has 0 radical (unpaired) electrons. The molecule has 108 valence electrons. The molecular weight excluding hydrogens is 268 g/mol. The molecule has 0 saturated carbocycles. The molecule has 0 bridgehead atoms. The maximum Gasteiger partial charge on any atom is 0.334 e. The number of ether oxygens (including phenoxy) is 1. The van der Waals surface area contributed by atoms with Crippen molar-refractivity contribution in [2.45, 2.75) is 20.3 Å². The Hall–Kier alpha value is -2.74. The highest BCUT2D eigenvalue weighted by molar-refractivity contribution is 5.90. The number of benzene rings is 1. The summed E-state index contributed by atoms with van der Waals surface area (Å²) in [5.41, 5.74) is 1.14. The van der Waals surface area contributed by atoms with Gasteiger partial charge in [0.25, 0.3) is 5.70 Å². The molecule has 0 spiro atoms. The molecule has 1 aliphatic rings. The molecule has 0 unspecified atom stereocenters. The normalized spacial score (nSPS) is 16.0. The Labute approximate surface area is 123 Å². The lowest BCUT2D eigenvalue weighted by Crippen LogP contribution is -2.19. The van der Waals surface area contributed by atoms with Crippen molar-refractivity contribution in [3.05, 3.63) is 58.9 Å². The van der Waals surface area contributed by atoms with Gasteiger partial charge in [-0.25, -0.2) is 4.85 Å². The van der Waals surface area contributed by atoms with E-state index in [2.05, 4.69) is 4.85 Å². The van der Waals surface area contributed by atoms with Crippen LogP contribution < -0.4 is 9.64 Å². The highest BCUT2D eigenvalue weighted by Gasteiger charge is 2.25. The van der Waals surface area contributed by atoms with Crippen molar-refractivity contribution < 1.29 is 14.6 Å². The molecular formula is C16H16N2O3. The van der Waals surface area contributed by atoms with Crippen LogP contribution >= 0.6 is 0 Å². The topological polar surface area (TPSA) is 54.1 Å². The number of carboxylic acids is 1. The number of carboxylic acid groups (broad SMARTS) is 1. The van der Waals surface area contributed by atoms with E-state index in [1.807, 2.05) is 43.0 Å². The molecule has 2 rings (SSSR count). The Bertz CT molecular complexity index is 668. The van der Waals surface area contributed by atoms with Crippen LogP contribution in [0.4, 0.5) is 5.69 Å². The van der Waals surface area contributed by atoms with E-state index in [9.17, 15) is 4.79 Å². The Kier molecular flexibility index (Phi) is 4.29. The molecule has 1 N–H and O–H groups in total. The van der Waals surface area contributed by atoms with Crippen molar-refractivity contribution in [2.75, 3.05) is 11.4 Å². The van der Waals surface area contributed by atoms with Gasteiger partial charge in [0.1, 0.15) is 0 Å². The van der Waals surface area contributed by atoms with E-state index < -0.39 is 5.97 Å². The number of nitrogens with zero attached hydrogens (tertiary/aromatic N) is 2. The second kappa shape index (κ2) is 6.14. The first-order valence-corrected chi connectivity index (χ1v) is 6.72. The molecule has 21 heavy (non-hydrogen) atoms. The number of rotatable bonds is 4. The van der Waals surface area contributed by atoms with Crippen LogP contribution in [0.15, 0.2) is 47.5 Å². The van der Waals surface area contributed by atoms with Crippen molar-refractivity contribution >= 4 is 11.7 Å². The smallest absolute Gasteiger partial charge is 0.334 e. The lowest BCUT2D eigenvalue weighted by atomic mass is 10.1. The highest BCUT2D eigenvalue weighted by atomic mass is 16.5. The first-order valence-electron chi connectivity index (χ1n) is 6.72. The number of fused-ring (bicyclic) bond motifs is 1. The van der Waals surface area contributed by atoms with Crippen molar-refractivity contribution in [3.63, 3.8) is 0 Å². The van der Waals surface area contributed by atoms with Crippen LogP contribution in [0.25, 0.3) is 4.85 Å². The van der Waals surface area contributed by atoms with Gasteiger partial charge in [-0.1, -0.05) is 19.1 Å². The average molecular weight is 284 g/mol. The summed E-state index contributed by atoms with van der Waals surface area (Å²) in [7, 11) is 0. The van der Waals surface area contributed by atoms with E-state index in [1.165, 1.54) is 0 Å². The summed E-state index contributed by atoms with van der Waals surface area (Å²) in [5, 5.41) is 9.09. The number of aliphatic carboxylic acids is 1. The van der Waals surface area contributed by atoms with Gasteiger partial charge in [-0.2, -0.15) is 0 Å². The Morgan fingerprint density at radius 1 is 1.43 bits per heavy atom. The van der Waals surface area contributed by atoms with E-state index in [4.69, 9.17) is 16.4 Å². The van der Waals surface area contributed by atoms with Crippen LogP contribution in [-0.2, 0) is 4.79 Å². The van der Waals surface area contributed by atoms with Crippen LogP contribution in [0, 0.1) is 6.57 Å². The molecule has 0 aromatic heterocycles. The van der Waals surface area contributed by atoms with E-state index >= 15 is 0 Å². The van der Waals surface area contributed by atoms with Gasteiger partial charge in [0.15, 0.2) is 11.6 Å². The largest absolute Gasteiger partial charge is 0.486 e. The third-order valence-electron chi connectivity index (χ3n) is 3.25. The molecule has 5 nitrogen and oxygen atoms in total. The number of para-hydroxylation sites is 2. The Balaban J connectivity index is 2.47. The third kappa shape index (κ3) is 2.75. The van der Waals surface area contributed by atoms with Gasteiger partial charge in [0, 0.05) is 6.54 Å². The lowest BCUT2D eigenvalue weighted by Gasteiger charge is -2.16. The minimum atomic E-state index is -1.21. The highest BCUT2D eigenvalue weighted by Crippen LogP contribution is 2.38. The van der Waals surface area contributed by atoms with Gasteiger partial charge >= 0.3 is 5.97 Å². The predicted molar refractivity (Wildman–Crippen MR) is 79.7 cm³/mol. The molecule has 0 saturated heterocycles. The quantitative estimate of drug-likeness (QED) is 0.680. The molecule has 1 aliphatic heterocycles. The molecule has 0 fully saturated rings. The molecule has 0 aliphatic carbocycles. The van der Waals surface area contributed by atoms with E-state index in [-0.39, 0.29) is 5.70 Å². The van der Waals surface area contributed by atoms with Crippen molar-refractivity contribution in [3.8, 4) is 5.75 Å². The minimum Gasteiger partial charge on any atom is -0.486 e. The number of hydrogen-bond acceptors (Lipinski definition) is 3. The van der Waals surface area contributed by atoms with E-state index in [1.54, 1.807) is 6.08 Å². The minimum absolute atomic E-state index is 0.263. The zero-order valence-corrected chi connectivity index (χ0v) is 12.0. The first-order chi connectivity index (χ1) is 10.1. The maximum absolute atomic E-state index is 11.1. The molecule has 5 heteroatoms. The SMILES string of the molecule is [C-]#[N+]C(C(=O)O)=C(C=C1Oc2ccccc2N1CC)CC. The fraction of sp³-hybridized carbons (Fsp3) is 0.250. The van der Waals surface area contributed by atoms with Crippen LogP contribution in [-0.4, -0.2) is 17.6 Å². The second-order valence-electron chi connectivity index (χ2n) is 4.44. The second-order valence-corrected chi connectivity index (χ2v) is 4.44. The fourth-order valence-corrected chi connectivity index (χ4v) is 2.23. The molecule has 1 aromatic rings. The molecule has 0 amide bonds. The zero-order chi connectivity index (χ0) is 15.4. The van der Waals surface area contributed by atoms with Gasteiger partial charge in [-0.05, 0) is 37.1 Å². The molecule has 1 aromatic carbocycles. The first kappa shape index (κ1) is 14.7. The van der Waals surface area contributed by atoms with Crippen LogP contribution in [0.3, 0.4) is 0 Å². The third-order valence-corrected chi connectivity index (χ3v) is 3.25. The van der Waals surface area contributed by atoms with Gasteiger partial charge in [0.05, 0.1) is 12.3 Å². The average Bonchev–Trinajstić information content (AvgIpc) is 2.83. The number of anilines is 1. The van der Waals surface area contributed by atoms with Gasteiger partial charge < -0.3 is 14.7 Å². The number of hydrogen-bond donors (Lipinski definition) is 1. The van der Waals surface area contributed by atoms with Crippen LogP contribution in [0.2, 0.25) is 0 Å². The standard InChI is InChI=1S/C16H16N2O3/c1-4-11(15(17-3)16(19)20)10-14-18(5-2)12-8-6-7-9-13(12)21-14/h6-10H,4-5H2,1-2H3,(H,19,20). The summed E-state index contributed by atoms with van der Waals surface area (Å²) in [4.78, 5) is 16.2. The summed E-state index contributed by atoms with van der Waals surface area (Å²) >= 11 is 0. The van der Waals surface area contributed by atoms with Gasteiger partial charge in [-0.15, -0.1) is 0 Å². The van der Waals surface area contributed by atoms with Crippen LogP contribution in [0.5, 0.6) is 5.75 Å². The van der Waals surface area contributed by atoms with E-state index in [0.29, 0.717) is 24.4 Å². The fourth-order valence-electron chi connectivity index (χ4n) is 2.23. The summed E-state index contributed by atoms with van der Waals surface area (Å²) in [5.74, 6) is 0.0796. The van der Waals surface area contributed by atoms with Crippen molar-refractivity contribution in [1.82, 2.24) is 0 Å². The van der Waals surface area contributed by atoms with Crippen LogP contribution in [0.1, 0.15) is 20.3 Å². The Morgan fingerprint density at radius 2 is 2.14 bits per heavy atom. The van der Waals surface area contributed by atoms with Crippen molar-refractivity contribution in [2.24, 2.45) is 0 Å². The Morgan fingerprint density at radius 3 is 2.71 bits per heavy atom. The summed E-state index contributed by atoms with van der Waals surface area (Å²) < 4.78 is 5.77. The van der Waals surface area contributed by atoms with Crippen molar-refractivity contribution in [1.29, 1.82) is 0 Å². The monoisotopic (exact) mass is 284 g/mol. The number of carbonyl (C=O) groups is 1. The van der Waals surface area contributed by atoms with E-state index in [0.717, 1.165) is 11.4 Å². The summed E-state index contributed by atoms with van der Waals surface area (Å²) in [6.45, 7) is 11.5. The maximum atomic E-state index is 11.1. The van der Waals surface area contributed by atoms with Gasteiger partial charge in [-0.3, -0.25) is 4.79 Å². The predicted octanol–water partition coefficient (Wildman–Crippen LogP) is 3.41. The summed E-state index contributed by atoms with van der Waals surface area (Å²) in [6, 6.07) is 7.61. The number of allylic oxidation sites excluding steroid dienone is 2. The summed E-state index contributed by atoms with van der Waals surface area (Å²) in [6.07, 6.45) is 2.09. The zero-order valence-electron chi connectivity index (χ0n) is 12.0.